The molecule has 0 aliphatic carbocycles. The average Bonchev–Trinajstić information content (AvgIpc) is 4.53. The van der Waals surface area contributed by atoms with E-state index in [-0.39, 0.29) is 49.4 Å². The Hall–Kier alpha value is -7.02. The Morgan fingerprint density at radius 1 is 0.878 bits per heavy atom. The number of aryl methyl sites for hydroxylation is 2. The summed E-state index contributed by atoms with van der Waals surface area (Å²) in [6.07, 6.45) is 3.46. The molecule has 1 unspecified atom stereocenters. The number of halogens is 3. The van der Waals surface area contributed by atoms with Crippen molar-refractivity contribution in [1.29, 1.82) is 0 Å². The van der Waals surface area contributed by atoms with Crippen molar-refractivity contribution < 1.29 is 45.6 Å². The van der Waals surface area contributed by atoms with Crippen molar-refractivity contribution in [3.8, 4) is 21.6 Å². The van der Waals surface area contributed by atoms with E-state index in [2.05, 4.69) is 52.3 Å². The first kappa shape index (κ1) is 56.8. The van der Waals surface area contributed by atoms with Crippen LogP contribution in [0, 0.1) is 31.4 Å². The number of benzene rings is 3. The average molecular weight is 1160 g/mol. The molecule has 4 fully saturated rings. The number of anilines is 2. The number of aromatic nitrogens is 4. The predicted molar refractivity (Wildman–Crippen MR) is 306 cm³/mol. The third-order valence-electron chi connectivity index (χ3n) is 16.6. The lowest BCUT2D eigenvalue weighted by atomic mass is 9.95. The predicted octanol–water partition coefficient (Wildman–Crippen LogP) is 8.02. The molecule has 432 valence electrons. The summed E-state index contributed by atoms with van der Waals surface area (Å²) in [4.78, 5) is 63.9. The van der Waals surface area contributed by atoms with E-state index < -0.39 is 69.7 Å². The summed E-state index contributed by atoms with van der Waals surface area (Å²) in [5.41, 5.74) is 6.71. The van der Waals surface area contributed by atoms with Gasteiger partial charge in [0.05, 0.1) is 45.2 Å². The number of amides is 2. The van der Waals surface area contributed by atoms with E-state index in [0.29, 0.717) is 46.9 Å². The number of hydrogen-bond donors (Lipinski definition) is 4. The lowest BCUT2D eigenvalue weighted by molar-refractivity contribution is -0.140. The monoisotopic (exact) mass is 1160 g/mol. The molecule has 3 aromatic carbocycles. The third kappa shape index (κ3) is 12.2. The number of thiazole rings is 1. The van der Waals surface area contributed by atoms with Crippen molar-refractivity contribution in [2.75, 3.05) is 81.6 Å². The Bertz CT molecular complexity index is 3560. The van der Waals surface area contributed by atoms with Crippen LogP contribution in [0.25, 0.3) is 32.6 Å². The highest BCUT2D eigenvalue weighted by Crippen LogP contribution is 2.35. The second-order valence-corrected chi connectivity index (χ2v) is 24.7. The smallest absolute Gasteiger partial charge is 0.301 e. The molecule has 82 heavy (non-hydrogen) atoms. The fourth-order valence-corrected chi connectivity index (χ4v) is 14.0. The first-order valence-corrected chi connectivity index (χ1v) is 30.2. The summed E-state index contributed by atoms with van der Waals surface area (Å²) in [5.74, 6) is -3.82. The number of carbonyl (C=O) groups is 3. The van der Waals surface area contributed by atoms with Gasteiger partial charge in [-0.25, -0.2) is 23.1 Å². The number of aliphatic hydroxyl groups is 1. The highest BCUT2D eigenvalue weighted by molar-refractivity contribution is 7.90. The Kier molecular flexibility index (Phi) is 16.7. The molecule has 0 saturated carbocycles. The molecule has 4 aliphatic rings. The molecule has 0 spiro atoms. The molecule has 18 nitrogen and oxygen atoms in total. The van der Waals surface area contributed by atoms with Gasteiger partial charge < -0.3 is 39.5 Å². The van der Waals surface area contributed by atoms with Gasteiger partial charge in [0.15, 0.2) is 5.82 Å². The van der Waals surface area contributed by atoms with Gasteiger partial charge in [-0.3, -0.25) is 19.1 Å². The zero-order valence-corrected chi connectivity index (χ0v) is 47.5. The lowest BCUT2D eigenvalue weighted by Crippen LogP contribution is -2.50. The second kappa shape index (κ2) is 24.1. The zero-order valence-electron chi connectivity index (χ0n) is 45.9. The molecule has 2 amide bonds. The number of aliphatic hydroxyl groups excluding tert-OH is 1. The number of piperazine rings is 1. The van der Waals surface area contributed by atoms with Crippen LogP contribution in [0.5, 0.6) is 0 Å². The number of rotatable bonds is 18. The number of β-amino-alcohol motifs (C(OH)–C–C–N with tert-alkyl or cyclic N) is 1. The molecule has 0 bridgehead atoms. The molecule has 4 N–H and O–H groups in total. The maximum absolute atomic E-state index is 15.9. The number of carbonyl (C=O) groups excluding carboxylic acids is 3. The van der Waals surface area contributed by atoms with Gasteiger partial charge in [-0.1, -0.05) is 41.6 Å². The van der Waals surface area contributed by atoms with Gasteiger partial charge in [-0.2, -0.15) is 12.7 Å². The van der Waals surface area contributed by atoms with E-state index in [1.807, 2.05) is 67.4 Å². The zero-order chi connectivity index (χ0) is 57.4. The normalized spacial score (nSPS) is 20.4. The number of alkyl halides is 1. The van der Waals surface area contributed by atoms with Crippen molar-refractivity contribution in [1.82, 2.24) is 44.4 Å². The van der Waals surface area contributed by atoms with Crippen LogP contribution in [-0.4, -0.2) is 161 Å². The van der Waals surface area contributed by atoms with Gasteiger partial charge in [0.2, 0.25) is 17.6 Å². The second-order valence-electron chi connectivity index (χ2n) is 22.1. The molecule has 23 heteroatoms. The summed E-state index contributed by atoms with van der Waals surface area (Å²) in [6.45, 7) is 12.2. The molecular weight excluding hydrogens is 1100 g/mol. The first-order chi connectivity index (χ1) is 39.5. The van der Waals surface area contributed by atoms with Gasteiger partial charge in [0.1, 0.15) is 35.4 Å². The number of likely N-dealkylation sites (tertiary alicyclic amines) is 1. The van der Waals surface area contributed by atoms with Crippen molar-refractivity contribution in [2.45, 2.75) is 83.2 Å². The Morgan fingerprint density at radius 3 is 2.29 bits per heavy atom. The molecule has 11 rings (SSSR count). The van der Waals surface area contributed by atoms with Crippen LogP contribution < -0.4 is 14.9 Å². The van der Waals surface area contributed by atoms with Crippen molar-refractivity contribution in [3.63, 3.8) is 0 Å². The van der Waals surface area contributed by atoms with Crippen molar-refractivity contribution in [3.05, 3.63) is 136 Å². The van der Waals surface area contributed by atoms with Crippen LogP contribution in [0.4, 0.5) is 24.5 Å². The van der Waals surface area contributed by atoms with E-state index in [0.717, 1.165) is 108 Å². The fraction of sp³-hybridized carbons (Fsp3) is 0.424. The molecule has 0 radical (unpaired) electrons. The van der Waals surface area contributed by atoms with Crippen molar-refractivity contribution in [2.24, 2.45) is 5.92 Å². The van der Waals surface area contributed by atoms with Gasteiger partial charge >= 0.3 is 10.2 Å². The topological polar surface area (TPSA) is 213 Å². The summed E-state index contributed by atoms with van der Waals surface area (Å²) in [5, 5.41) is 18.4. The van der Waals surface area contributed by atoms with Gasteiger partial charge in [0.25, 0.3) is 0 Å². The summed E-state index contributed by atoms with van der Waals surface area (Å²) in [6, 6.07) is 20.1. The SMILES string of the molecule is Cc1cc(C(CCN2CCN(CC3CCN(c4ccc(-c5cnc6[nH]cc(C(=O)c7c(F)ccc(NS(=O)(=O)N8CC[C@@H](F)C8)c7F)c6c5)cc4)CC3)CC2)C(=O)N2C[C@H](O)C[C@H]2C(=O)N[C@@H](C)c2ccc(-c3scnc3C)cc2)on1. The quantitative estimate of drug-likeness (QED) is 0.0601. The van der Waals surface area contributed by atoms with E-state index in [1.54, 1.807) is 29.7 Å². The number of nitrogens with zero attached hydrogens (tertiary/aromatic N) is 8. The fourth-order valence-electron chi connectivity index (χ4n) is 11.9. The van der Waals surface area contributed by atoms with Crippen LogP contribution in [0.3, 0.4) is 0 Å². The molecule has 8 heterocycles. The third-order valence-corrected chi connectivity index (χ3v) is 19.1. The molecule has 4 aromatic heterocycles. The first-order valence-electron chi connectivity index (χ1n) is 27.9. The Morgan fingerprint density at radius 2 is 1.61 bits per heavy atom. The molecule has 4 saturated heterocycles. The Balaban J connectivity index is 0.655. The lowest BCUT2D eigenvalue weighted by Gasteiger charge is -2.39. The van der Waals surface area contributed by atoms with Crippen molar-refractivity contribution >= 4 is 61.6 Å². The number of aromatic amines is 1. The number of hydrogen-bond acceptors (Lipinski definition) is 14. The molecule has 5 atom stereocenters. The van der Waals surface area contributed by atoms with E-state index in [9.17, 15) is 32.3 Å². The standard InChI is InChI=1S/C59H66F3N11O7S2/c1-35-26-52(80-67-35)46(59(77)73-33-45(74)28-51(73)58(76)66-36(2)39-4-6-41(7-5-39)56-37(3)65-34-81-56)17-18-69-22-24-70(25-23-69)31-38-14-19-71(20-15-38)44-10-8-40(9-11-44)42-27-47-48(30-64-57(47)63-29-42)55(75)53-49(61)12-13-50(54(53)62)68-82(78,79)72-21-16-43(60)32-72/h4-13,26-27,29-30,34,36,38,43,45-46,51,68,74H,14-25,28,31-33H2,1-3H3,(H,63,64)(H,66,76)/t36-,43+,45+,46?,51-/m0/s1. The Labute approximate surface area is 477 Å². The van der Waals surface area contributed by atoms with Gasteiger partial charge in [-0.05, 0) is 106 Å². The number of H-pyrrole nitrogens is 1. The summed E-state index contributed by atoms with van der Waals surface area (Å²) >= 11 is 1.58. The summed E-state index contributed by atoms with van der Waals surface area (Å²) in [7, 11) is -4.37. The largest absolute Gasteiger partial charge is 0.391 e. The maximum atomic E-state index is 15.9. The highest BCUT2D eigenvalue weighted by Gasteiger charge is 2.43. The minimum absolute atomic E-state index is 0.00196. The van der Waals surface area contributed by atoms with Crippen LogP contribution in [0.15, 0.2) is 95.2 Å². The van der Waals surface area contributed by atoms with E-state index in [1.165, 1.54) is 11.1 Å². The van der Waals surface area contributed by atoms with Crippen LogP contribution in [0.1, 0.15) is 89.6 Å². The number of ketones is 1. The number of pyridine rings is 1. The summed E-state index contributed by atoms with van der Waals surface area (Å²) < 4.78 is 79.2. The number of piperidine rings is 1. The number of nitrogens with one attached hydrogen (secondary N) is 3. The highest BCUT2D eigenvalue weighted by atomic mass is 32.2. The van der Waals surface area contributed by atoms with Crippen LogP contribution in [0.2, 0.25) is 0 Å². The molecule has 4 aliphatic heterocycles. The number of fused-ring (bicyclic) bond motifs is 1. The van der Waals surface area contributed by atoms with E-state index >= 15 is 8.78 Å². The molecule has 7 aromatic rings. The molecular formula is C59H66F3N11O7S2. The minimum atomic E-state index is -4.37. The van der Waals surface area contributed by atoms with Gasteiger partial charge in [-0.15, -0.1) is 11.3 Å². The van der Waals surface area contributed by atoms with Gasteiger partial charge in [0, 0.05) is 113 Å². The van der Waals surface area contributed by atoms with Crippen LogP contribution >= 0.6 is 11.3 Å². The minimum Gasteiger partial charge on any atom is -0.391 e. The van der Waals surface area contributed by atoms with E-state index in [4.69, 9.17) is 4.52 Å². The van der Waals surface area contributed by atoms with Crippen LogP contribution in [-0.2, 0) is 19.8 Å². The maximum Gasteiger partial charge on any atom is 0.301 e.